The molecule has 0 saturated heterocycles. The molecule has 0 aromatic rings. The predicted octanol–water partition coefficient (Wildman–Crippen LogP) is 2.28. The van der Waals surface area contributed by atoms with Gasteiger partial charge in [0.15, 0.2) is 0 Å². The van der Waals surface area contributed by atoms with Gasteiger partial charge in [0.25, 0.3) is 0 Å². The second-order valence-corrected chi connectivity index (χ2v) is 3.58. The maximum absolute atomic E-state index is 10.8. The van der Waals surface area contributed by atoms with Crippen LogP contribution >= 0.6 is 19.4 Å². The Balaban J connectivity index is 3.54. The van der Waals surface area contributed by atoms with Crippen LogP contribution in [0.3, 0.4) is 0 Å². The fourth-order valence-corrected chi connectivity index (χ4v) is 1.36. The molecule has 6 heteroatoms. The van der Waals surface area contributed by atoms with Gasteiger partial charge in [0.2, 0.25) is 0 Å². The fraction of sp³-hybridized carbons (Fsp3) is 0.667. The molecule has 0 spiro atoms. The standard InChI is InChI=1S/C6H12ClO4P/c1-2-10-12(8,9)11-6-4-3-5-7/h3,5H,2,4,6H2,1H3,(H,8,9). The highest BCUT2D eigenvalue weighted by Gasteiger charge is 2.18. The summed E-state index contributed by atoms with van der Waals surface area (Å²) in [5.74, 6) is 0. The zero-order chi connectivity index (χ0) is 9.45. The van der Waals surface area contributed by atoms with Crippen molar-refractivity contribution in [2.75, 3.05) is 13.2 Å². The Bertz CT molecular complexity index is 182. The second kappa shape index (κ2) is 6.63. The molecule has 4 nitrogen and oxygen atoms in total. The predicted molar refractivity (Wildman–Crippen MR) is 47.0 cm³/mol. The highest BCUT2D eigenvalue weighted by atomic mass is 35.5. The van der Waals surface area contributed by atoms with E-state index in [9.17, 15) is 4.57 Å². The number of hydrogen-bond donors (Lipinski definition) is 1. The average Bonchev–Trinajstić information content (AvgIpc) is 1.98. The van der Waals surface area contributed by atoms with Gasteiger partial charge in [-0.3, -0.25) is 9.05 Å². The largest absolute Gasteiger partial charge is 0.472 e. The Hall–Kier alpha value is 0.140. The topological polar surface area (TPSA) is 55.8 Å². The lowest BCUT2D eigenvalue weighted by Crippen LogP contribution is -1.95. The van der Waals surface area contributed by atoms with E-state index < -0.39 is 7.82 Å². The van der Waals surface area contributed by atoms with Crippen molar-refractivity contribution in [3.8, 4) is 0 Å². The molecule has 0 heterocycles. The van der Waals surface area contributed by atoms with Gasteiger partial charge in [0, 0.05) is 5.54 Å². The summed E-state index contributed by atoms with van der Waals surface area (Å²) in [7, 11) is -3.81. The number of halogens is 1. The zero-order valence-electron chi connectivity index (χ0n) is 6.77. The third kappa shape index (κ3) is 6.83. The van der Waals surface area contributed by atoms with E-state index in [2.05, 4.69) is 9.05 Å². The van der Waals surface area contributed by atoms with Crippen molar-refractivity contribution < 1.29 is 18.5 Å². The third-order valence-corrected chi connectivity index (χ3v) is 2.19. The van der Waals surface area contributed by atoms with Gasteiger partial charge in [-0.05, 0) is 13.3 Å². The summed E-state index contributed by atoms with van der Waals surface area (Å²) in [6.45, 7) is 1.89. The van der Waals surface area contributed by atoms with Crippen molar-refractivity contribution in [2.24, 2.45) is 0 Å². The summed E-state index contributed by atoms with van der Waals surface area (Å²) in [6, 6.07) is 0. The van der Waals surface area contributed by atoms with E-state index in [4.69, 9.17) is 16.5 Å². The van der Waals surface area contributed by atoms with Gasteiger partial charge in [-0.2, -0.15) is 0 Å². The highest BCUT2D eigenvalue weighted by Crippen LogP contribution is 2.42. The summed E-state index contributed by atoms with van der Waals surface area (Å²) in [4.78, 5) is 8.87. The Morgan fingerprint density at radius 3 is 2.75 bits per heavy atom. The molecule has 0 fully saturated rings. The van der Waals surface area contributed by atoms with E-state index in [1.807, 2.05) is 0 Å². The molecular weight excluding hydrogens is 202 g/mol. The van der Waals surface area contributed by atoms with Crippen molar-refractivity contribution in [1.82, 2.24) is 0 Å². The third-order valence-electron chi connectivity index (χ3n) is 0.920. The van der Waals surface area contributed by atoms with E-state index in [1.54, 1.807) is 13.0 Å². The van der Waals surface area contributed by atoms with Crippen LogP contribution in [0.4, 0.5) is 0 Å². The van der Waals surface area contributed by atoms with Crippen molar-refractivity contribution in [3.63, 3.8) is 0 Å². The number of phosphoric ester groups is 1. The van der Waals surface area contributed by atoms with Gasteiger partial charge >= 0.3 is 7.82 Å². The normalized spacial score (nSPS) is 16.6. The average molecular weight is 215 g/mol. The molecule has 0 aliphatic rings. The van der Waals surface area contributed by atoms with Gasteiger partial charge in [0.05, 0.1) is 13.2 Å². The first-order valence-corrected chi connectivity index (χ1v) is 5.42. The molecule has 0 rings (SSSR count). The summed E-state index contributed by atoms with van der Waals surface area (Å²) >= 11 is 5.21. The van der Waals surface area contributed by atoms with Crippen molar-refractivity contribution in [3.05, 3.63) is 11.6 Å². The Morgan fingerprint density at radius 1 is 1.58 bits per heavy atom. The zero-order valence-corrected chi connectivity index (χ0v) is 8.42. The van der Waals surface area contributed by atoms with Crippen LogP contribution in [0, 0.1) is 0 Å². The van der Waals surface area contributed by atoms with Crippen molar-refractivity contribution in [1.29, 1.82) is 0 Å². The minimum absolute atomic E-state index is 0.122. The van der Waals surface area contributed by atoms with E-state index in [-0.39, 0.29) is 13.2 Å². The molecule has 0 amide bonds. The summed E-state index contributed by atoms with van der Waals surface area (Å²) in [6.07, 6.45) is 2.11. The van der Waals surface area contributed by atoms with E-state index >= 15 is 0 Å². The highest BCUT2D eigenvalue weighted by molar-refractivity contribution is 7.47. The Kier molecular flexibility index (Phi) is 6.71. The Morgan fingerprint density at radius 2 is 2.25 bits per heavy atom. The minimum Gasteiger partial charge on any atom is -0.302 e. The van der Waals surface area contributed by atoms with Gasteiger partial charge in [-0.25, -0.2) is 4.57 Å². The summed E-state index contributed by atoms with van der Waals surface area (Å²) in [5, 5.41) is 0. The van der Waals surface area contributed by atoms with E-state index in [1.165, 1.54) is 5.54 Å². The van der Waals surface area contributed by atoms with Crippen LogP contribution in [0.15, 0.2) is 11.6 Å². The first-order chi connectivity index (χ1) is 5.62. The van der Waals surface area contributed by atoms with Crippen LogP contribution in [-0.2, 0) is 13.6 Å². The van der Waals surface area contributed by atoms with E-state index in [0.717, 1.165) is 0 Å². The molecule has 1 unspecified atom stereocenters. The maximum Gasteiger partial charge on any atom is 0.472 e. The maximum atomic E-state index is 10.8. The smallest absolute Gasteiger partial charge is 0.302 e. The van der Waals surface area contributed by atoms with Crippen molar-refractivity contribution >= 4 is 19.4 Å². The lowest BCUT2D eigenvalue weighted by molar-refractivity contribution is 0.157. The molecule has 1 N–H and O–H groups in total. The molecule has 12 heavy (non-hydrogen) atoms. The molecule has 0 aliphatic heterocycles. The number of rotatable bonds is 6. The van der Waals surface area contributed by atoms with Crippen LogP contribution in [0.25, 0.3) is 0 Å². The SMILES string of the molecule is CCOP(=O)(O)OCCC=CCl. The number of phosphoric acid groups is 1. The molecule has 0 saturated carbocycles. The lowest BCUT2D eigenvalue weighted by Gasteiger charge is -2.08. The summed E-state index contributed by atoms with van der Waals surface area (Å²) < 4.78 is 19.8. The molecule has 0 aromatic carbocycles. The van der Waals surface area contributed by atoms with Crippen molar-refractivity contribution in [2.45, 2.75) is 13.3 Å². The minimum atomic E-state index is -3.81. The summed E-state index contributed by atoms with van der Waals surface area (Å²) in [5.41, 5.74) is 1.33. The molecule has 0 aromatic heterocycles. The Labute approximate surface area is 76.7 Å². The second-order valence-electron chi connectivity index (χ2n) is 1.87. The fourth-order valence-electron chi connectivity index (χ4n) is 0.500. The molecule has 0 radical (unpaired) electrons. The first kappa shape index (κ1) is 12.1. The van der Waals surface area contributed by atoms with Gasteiger partial charge in [-0.1, -0.05) is 17.7 Å². The van der Waals surface area contributed by atoms with Crippen LogP contribution in [-0.4, -0.2) is 18.1 Å². The monoisotopic (exact) mass is 214 g/mol. The van der Waals surface area contributed by atoms with Gasteiger partial charge in [-0.15, -0.1) is 0 Å². The molecule has 72 valence electrons. The van der Waals surface area contributed by atoms with Gasteiger partial charge in [0.1, 0.15) is 0 Å². The molecular formula is C6H12ClO4P. The van der Waals surface area contributed by atoms with Crippen LogP contribution in [0.5, 0.6) is 0 Å². The molecule has 0 aliphatic carbocycles. The molecule has 1 atom stereocenters. The lowest BCUT2D eigenvalue weighted by atomic mass is 10.5. The van der Waals surface area contributed by atoms with Crippen LogP contribution in [0.2, 0.25) is 0 Å². The quantitative estimate of drug-likeness (QED) is 0.544. The van der Waals surface area contributed by atoms with Crippen LogP contribution < -0.4 is 0 Å². The van der Waals surface area contributed by atoms with E-state index in [0.29, 0.717) is 6.42 Å². The van der Waals surface area contributed by atoms with Gasteiger partial charge < -0.3 is 4.89 Å². The first-order valence-electron chi connectivity index (χ1n) is 3.49. The molecule has 0 bridgehead atoms. The van der Waals surface area contributed by atoms with Crippen LogP contribution in [0.1, 0.15) is 13.3 Å². The number of hydrogen-bond acceptors (Lipinski definition) is 3.